The van der Waals surface area contributed by atoms with Gasteiger partial charge in [0.15, 0.2) is 0 Å². The molecule has 0 aliphatic carbocycles. The molecule has 4 N–H and O–H groups in total. The van der Waals surface area contributed by atoms with Crippen LogP contribution >= 0.6 is 34.4 Å². The highest BCUT2D eigenvalue weighted by molar-refractivity contribution is 8.00. The van der Waals surface area contributed by atoms with E-state index in [1.807, 2.05) is 0 Å². The molecule has 0 spiro atoms. The van der Waals surface area contributed by atoms with Gasteiger partial charge in [-0.15, -0.1) is 34.4 Å². The standard InChI is InChI=1S/C12H10N2O4S3/c13-10(16)7-1-2-19-11(7)14-9(15)5-20-6-3-8(12(17)18)21-4-6/h1-4H,5H2,(H2,13,16)(H,14,15)(H,17,18). The normalized spacial score (nSPS) is 10.3. The van der Waals surface area contributed by atoms with Crippen molar-refractivity contribution in [2.75, 3.05) is 11.1 Å². The van der Waals surface area contributed by atoms with E-state index in [1.54, 1.807) is 16.8 Å². The molecule has 0 aliphatic rings. The second kappa shape index (κ2) is 6.74. The number of carboxylic acid groups (broad SMARTS) is 1. The molecule has 2 aromatic heterocycles. The van der Waals surface area contributed by atoms with Crippen LogP contribution in [0.1, 0.15) is 20.0 Å². The topological polar surface area (TPSA) is 109 Å². The van der Waals surface area contributed by atoms with Gasteiger partial charge in [0, 0.05) is 10.3 Å². The minimum atomic E-state index is -0.985. The summed E-state index contributed by atoms with van der Waals surface area (Å²) in [7, 11) is 0. The fraction of sp³-hybridized carbons (Fsp3) is 0.0833. The lowest BCUT2D eigenvalue weighted by Gasteiger charge is -2.03. The van der Waals surface area contributed by atoms with Crippen molar-refractivity contribution in [3.8, 4) is 0 Å². The molecule has 0 unspecified atom stereocenters. The fourth-order valence-corrected chi connectivity index (χ4v) is 3.90. The van der Waals surface area contributed by atoms with Crippen LogP contribution in [0.3, 0.4) is 0 Å². The first-order valence-electron chi connectivity index (χ1n) is 5.59. The zero-order valence-corrected chi connectivity index (χ0v) is 12.9. The van der Waals surface area contributed by atoms with E-state index in [4.69, 9.17) is 10.8 Å². The molecule has 0 saturated carbocycles. The van der Waals surface area contributed by atoms with E-state index in [0.29, 0.717) is 9.90 Å². The third-order valence-corrected chi connectivity index (χ3v) is 5.21. The molecule has 2 rings (SSSR count). The van der Waals surface area contributed by atoms with Gasteiger partial charge in [0.25, 0.3) is 5.91 Å². The largest absolute Gasteiger partial charge is 0.477 e. The lowest BCUT2D eigenvalue weighted by atomic mass is 10.3. The van der Waals surface area contributed by atoms with E-state index in [-0.39, 0.29) is 22.1 Å². The SMILES string of the molecule is NC(=O)c1ccsc1NC(=O)CSc1csc(C(=O)O)c1. The van der Waals surface area contributed by atoms with Gasteiger partial charge in [-0.2, -0.15) is 0 Å². The number of carboxylic acids is 1. The number of amides is 2. The molecule has 110 valence electrons. The molecule has 0 aromatic carbocycles. The van der Waals surface area contributed by atoms with Crippen molar-refractivity contribution in [2.45, 2.75) is 4.90 Å². The quantitative estimate of drug-likeness (QED) is 0.698. The number of thiophene rings is 2. The van der Waals surface area contributed by atoms with Crippen molar-refractivity contribution in [3.05, 3.63) is 33.3 Å². The number of nitrogens with two attached hydrogens (primary N) is 1. The van der Waals surface area contributed by atoms with E-state index in [1.165, 1.54) is 29.2 Å². The van der Waals surface area contributed by atoms with Gasteiger partial charge in [0.2, 0.25) is 5.91 Å². The summed E-state index contributed by atoms with van der Waals surface area (Å²) < 4.78 is 0. The van der Waals surface area contributed by atoms with E-state index in [0.717, 1.165) is 11.3 Å². The van der Waals surface area contributed by atoms with Crippen LogP contribution in [0.2, 0.25) is 0 Å². The number of hydrogen-bond acceptors (Lipinski definition) is 6. The van der Waals surface area contributed by atoms with Crippen molar-refractivity contribution in [1.82, 2.24) is 0 Å². The number of primary amides is 1. The molecule has 0 fully saturated rings. The first-order valence-corrected chi connectivity index (χ1v) is 8.33. The molecule has 0 atom stereocenters. The van der Waals surface area contributed by atoms with Gasteiger partial charge >= 0.3 is 5.97 Å². The molecule has 2 aromatic rings. The molecule has 9 heteroatoms. The minimum absolute atomic E-state index is 0.117. The predicted molar refractivity (Wildman–Crippen MR) is 83.5 cm³/mol. The molecular weight excluding hydrogens is 332 g/mol. The Morgan fingerprint density at radius 1 is 1.33 bits per heavy atom. The predicted octanol–water partition coefficient (Wildman–Crippen LogP) is 2.34. The first kappa shape index (κ1) is 15.5. The first-order chi connectivity index (χ1) is 9.97. The van der Waals surface area contributed by atoms with Crippen LogP contribution in [0.5, 0.6) is 0 Å². The molecule has 2 amide bonds. The molecule has 0 saturated heterocycles. The third kappa shape index (κ3) is 4.06. The zero-order chi connectivity index (χ0) is 15.4. The maximum Gasteiger partial charge on any atom is 0.345 e. The van der Waals surface area contributed by atoms with Crippen LogP contribution in [0.4, 0.5) is 5.00 Å². The lowest BCUT2D eigenvalue weighted by molar-refractivity contribution is -0.113. The van der Waals surface area contributed by atoms with E-state index < -0.39 is 11.9 Å². The Bertz CT molecular complexity index is 692. The van der Waals surface area contributed by atoms with Crippen molar-refractivity contribution in [1.29, 1.82) is 0 Å². The summed E-state index contributed by atoms with van der Waals surface area (Å²) in [4.78, 5) is 34.6. The summed E-state index contributed by atoms with van der Waals surface area (Å²) in [6.45, 7) is 0. The average molecular weight is 342 g/mol. The number of hydrogen-bond donors (Lipinski definition) is 3. The van der Waals surface area contributed by atoms with E-state index >= 15 is 0 Å². The highest BCUT2D eigenvalue weighted by atomic mass is 32.2. The number of rotatable bonds is 6. The third-order valence-electron chi connectivity index (χ3n) is 2.34. The number of thioether (sulfide) groups is 1. The van der Waals surface area contributed by atoms with E-state index in [9.17, 15) is 14.4 Å². The van der Waals surface area contributed by atoms with Gasteiger partial charge in [-0.25, -0.2) is 4.79 Å². The molecule has 2 heterocycles. The Morgan fingerprint density at radius 2 is 2.10 bits per heavy atom. The van der Waals surface area contributed by atoms with Crippen molar-refractivity contribution in [3.63, 3.8) is 0 Å². The van der Waals surface area contributed by atoms with Crippen molar-refractivity contribution >= 4 is 57.2 Å². The summed E-state index contributed by atoms with van der Waals surface area (Å²) in [6, 6.07) is 3.07. The Balaban J connectivity index is 1.91. The Labute approximate surface area is 132 Å². The highest BCUT2D eigenvalue weighted by Crippen LogP contribution is 2.26. The minimum Gasteiger partial charge on any atom is -0.477 e. The molecular formula is C12H10N2O4S3. The van der Waals surface area contributed by atoms with Crippen LogP contribution in [-0.4, -0.2) is 28.6 Å². The second-order valence-electron chi connectivity index (χ2n) is 3.82. The fourth-order valence-electron chi connectivity index (χ4n) is 1.42. The van der Waals surface area contributed by atoms with Gasteiger partial charge in [0.1, 0.15) is 9.88 Å². The van der Waals surface area contributed by atoms with Gasteiger partial charge < -0.3 is 16.2 Å². The highest BCUT2D eigenvalue weighted by Gasteiger charge is 2.13. The Kier molecular flexibility index (Phi) is 4.99. The monoisotopic (exact) mass is 342 g/mol. The maximum absolute atomic E-state index is 11.8. The number of aromatic carboxylic acids is 1. The Hall–Kier alpha value is -1.84. The van der Waals surface area contributed by atoms with Gasteiger partial charge in [-0.05, 0) is 17.5 Å². The summed E-state index contributed by atoms with van der Waals surface area (Å²) in [5.74, 6) is -1.75. The smallest absolute Gasteiger partial charge is 0.345 e. The second-order valence-corrected chi connectivity index (χ2v) is 6.69. The van der Waals surface area contributed by atoms with Crippen molar-refractivity contribution in [2.24, 2.45) is 5.73 Å². The van der Waals surface area contributed by atoms with E-state index in [2.05, 4.69) is 5.32 Å². The lowest BCUT2D eigenvalue weighted by Crippen LogP contribution is -2.17. The number of carbonyl (C=O) groups excluding carboxylic acids is 2. The van der Waals surface area contributed by atoms with Gasteiger partial charge in [-0.3, -0.25) is 9.59 Å². The van der Waals surface area contributed by atoms with Gasteiger partial charge in [0.05, 0.1) is 11.3 Å². The van der Waals surface area contributed by atoms with Crippen LogP contribution in [-0.2, 0) is 4.79 Å². The zero-order valence-electron chi connectivity index (χ0n) is 10.5. The van der Waals surface area contributed by atoms with Crippen molar-refractivity contribution < 1.29 is 19.5 Å². The summed E-state index contributed by atoms with van der Waals surface area (Å²) in [5.41, 5.74) is 5.47. The number of anilines is 1. The maximum atomic E-state index is 11.8. The van der Waals surface area contributed by atoms with Crippen LogP contribution in [0.25, 0.3) is 0 Å². The molecule has 0 radical (unpaired) electrons. The summed E-state index contributed by atoms with van der Waals surface area (Å²) in [6.07, 6.45) is 0. The molecule has 21 heavy (non-hydrogen) atoms. The summed E-state index contributed by atoms with van der Waals surface area (Å²) in [5, 5.41) is 15.2. The molecule has 0 aliphatic heterocycles. The number of carbonyl (C=O) groups is 3. The number of nitrogens with one attached hydrogen (secondary N) is 1. The Morgan fingerprint density at radius 3 is 2.71 bits per heavy atom. The van der Waals surface area contributed by atoms with Crippen LogP contribution in [0, 0.1) is 0 Å². The van der Waals surface area contributed by atoms with Crippen LogP contribution in [0.15, 0.2) is 27.8 Å². The molecule has 6 nitrogen and oxygen atoms in total. The molecule has 0 bridgehead atoms. The van der Waals surface area contributed by atoms with Crippen LogP contribution < -0.4 is 11.1 Å². The van der Waals surface area contributed by atoms with Gasteiger partial charge in [-0.1, -0.05) is 0 Å². The average Bonchev–Trinajstić information content (AvgIpc) is 3.04. The summed E-state index contributed by atoms with van der Waals surface area (Å²) >= 11 is 3.55.